The number of halogens is 1. The second-order valence-electron chi connectivity index (χ2n) is 4.80. The summed E-state index contributed by atoms with van der Waals surface area (Å²) in [5.74, 6) is 0.352. The summed E-state index contributed by atoms with van der Waals surface area (Å²) in [5, 5.41) is 12.6. The van der Waals surface area contributed by atoms with Crippen LogP contribution in [0.3, 0.4) is 0 Å². The highest BCUT2D eigenvalue weighted by molar-refractivity contribution is 6.30. The molecule has 1 aliphatic carbocycles. The summed E-state index contributed by atoms with van der Waals surface area (Å²) in [7, 11) is 0. The highest BCUT2D eigenvalue weighted by Gasteiger charge is 2.44. The van der Waals surface area contributed by atoms with Crippen molar-refractivity contribution in [2.24, 2.45) is 5.92 Å². The summed E-state index contributed by atoms with van der Waals surface area (Å²) >= 11 is 5.94. The molecule has 3 unspecified atom stereocenters. The molecule has 0 radical (unpaired) electrons. The number of carbonyl (C=O) groups excluding carboxylic acids is 1. The Balaban J connectivity index is 1.93. The second kappa shape index (κ2) is 5.72. The molecular weight excluding hydrogens is 250 g/mol. The summed E-state index contributed by atoms with van der Waals surface area (Å²) in [5.41, 5.74) is 1.12. The first-order valence-corrected chi connectivity index (χ1v) is 6.70. The van der Waals surface area contributed by atoms with Gasteiger partial charge in [-0.2, -0.15) is 0 Å². The van der Waals surface area contributed by atoms with Gasteiger partial charge >= 0.3 is 0 Å². The number of amides is 1. The molecule has 1 aromatic rings. The third-order valence-electron chi connectivity index (χ3n) is 3.46. The number of nitrogens with one attached hydrogen (secondary N) is 1. The molecule has 98 valence electrons. The molecule has 3 nitrogen and oxygen atoms in total. The Kier molecular flexibility index (Phi) is 4.25. The zero-order chi connectivity index (χ0) is 13.1. The van der Waals surface area contributed by atoms with E-state index in [1.165, 1.54) is 0 Å². The van der Waals surface area contributed by atoms with Crippen molar-refractivity contribution < 1.29 is 9.90 Å². The van der Waals surface area contributed by atoms with Gasteiger partial charge in [0.2, 0.25) is 5.91 Å². The summed E-state index contributed by atoms with van der Waals surface area (Å²) in [6, 6.07) is 7.54. The van der Waals surface area contributed by atoms with E-state index in [0.29, 0.717) is 5.02 Å². The Hall–Kier alpha value is -1.06. The lowest BCUT2D eigenvalue weighted by Gasteiger charge is -2.13. The normalized spacial score (nSPS) is 23.5. The number of hydrogen-bond donors (Lipinski definition) is 2. The number of benzene rings is 1. The summed E-state index contributed by atoms with van der Waals surface area (Å²) in [6.45, 7) is 1.94. The van der Waals surface area contributed by atoms with Gasteiger partial charge in [-0.1, -0.05) is 30.7 Å². The standard InChI is InChI=1S/C14H18ClNO2/c1-2-11(8-17)16-14(18)13-7-12(13)9-4-3-5-10(15)6-9/h3-6,11-13,17H,2,7-8H2,1H3,(H,16,18). The molecule has 0 bridgehead atoms. The minimum Gasteiger partial charge on any atom is -0.394 e. The molecule has 3 atom stereocenters. The summed E-state index contributed by atoms with van der Waals surface area (Å²) < 4.78 is 0. The lowest BCUT2D eigenvalue weighted by Crippen LogP contribution is -2.38. The van der Waals surface area contributed by atoms with Crippen LogP contribution in [-0.4, -0.2) is 23.7 Å². The fourth-order valence-electron chi connectivity index (χ4n) is 2.18. The largest absolute Gasteiger partial charge is 0.394 e. The van der Waals surface area contributed by atoms with E-state index in [1.54, 1.807) is 0 Å². The van der Waals surface area contributed by atoms with E-state index < -0.39 is 0 Å². The first-order chi connectivity index (χ1) is 8.65. The average molecular weight is 268 g/mol. The van der Waals surface area contributed by atoms with E-state index in [4.69, 9.17) is 16.7 Å². The number of aliphatic hydroxyl groups is 1. The van der Waals surface area contributed by atoms with E-state index >= 15 is 0 Å². The van der Waals surface area contributed by atoms with Gasteiger partial charge in [-0.05, 0) is 36.5 Å². The molecule has 0 aliphatic heterocycles. The molecule has 1 aliphatic rings. The van der Waals surface area contributed by atoms with Crippen molar-refractivity contribution >= 4 is 17.5 Å². The van der Waals surface area contributed by atoms with E-state index in [9.17, 15) is 4.79 Å². The predicted octanol–water partition coefficient (Wildman–Crippen LogP) is 2.33. The highest BCUT2D eigenvalue weighted by Crippen LogP contribution is 2.47. The second-order valence-corrected chi connectivity index (χ2v) is 5.24. The molecular formula is C14H18ClNO2. The minimum atomic E-state index is -0.127. The molecule has 0 aromatic heterocycles. The van der Waals surface area contributed by atoms with Crippen LogP contribution in [-0.2, 0) is 4.79 Å². The van der Waals surface area contributed by atoms with Crippen molar-refractivity contribution in [3.63, 3.8) is 0 Å². The lowest BCUT2D eigenvalue weighted by atomic mass is 10.1. The fraction of sp³-hybridized carbons (Fsp3) is 0.500. The van der Waals surface area contributed by atoms with Crippen molar-refractivity contribution in [1.82, 2.24) is 5.32 Å². The maximum Gasteiger partial charge on any atom is 0.224 e. The van der Waals surface area contributed by atoms with Crippen LogP contribution in [0.25, 0.3) is 0 Å². The Labute approximate surface area is 112 Å². The molecule has 1 aromatic carbocycles. The molecule has 1 amide bonds. The number of rotatable bonds is 5. The molecule has 2 N–H and O–H groups in total. The monoisotopic (exact) mass is 267 g/mol. The van der Waals surface area contributed by atoms with Crippen molar-refractivity contribution in [1.29, 1.82) is 0 Å². The smallest absolute Gasteiger partial charge is 0.224 e. The highest BCUT2D eigenvalue weighted by atomic mass is 35.5. The summed E-state index contributed by atoms with van der Waals surface area (Å²) in [4.78, 5) is 11.9. The van der Waals surface area contributed by atoms with Crippen LogP contribution in [0, 0.1) is 5.92 Å². The Morgan fingerprint density at radius 3 is 3.00 bits per heavy atom. The van der Waals surface area contributed by atoms with Crippen molar-refractivity contribution in [3.05, 3.63) is 34.9 Å². The van der Waals surface area contributed by atoms with Crippen LogP contribution in [0.1, 0.15) is 31.2 Å². The molecule has 18 heavy (non-hydrogen) atoms. The van der Waals surface area contributed by atoms with Gasteiger partial charge in [-0.15, -0.1) is 0 Å². The predicted molar refractivity (Wildman–Crippen MR) is 71.6 cm³/mol. The lowest BCUT2D eigenvalue weighted by molar-refractivity contribution is -0.123. The quantitative estimate of drug-likeness (QED) is 0.860. The maximum absolute atomic E-state index is 11.9. The molecule has 1 saturated carbocycles. The van der Waals surface area contributed by atoms with Gasteiger partial charge in [0.1, 0.15) is 0 Å². The van der Waals surface area contributed by atoms with Gasteiger partial charge in [-0.25, -0.2) is 0 Å². The molecule has 4 heteroatoms. The molecule has 2 rings (SSSR count). The first-order valence-electron chi connectivity index (χ1n) is 6.32. The third-order valence-corrected chi connectivity index (χ3v) is 3.70. The fourth-order valence-corrected chi connectivity index (χ4v) is 2.37. The van der Waals surface area contributed by atoms with Gasteiger partial charge in [0.15, 0.2) is 0 Å². The zero-order valence-electron chi connectivity index (χ0n) is 10.4. The first kappa shape index (κ1) is 13.4. The van der Waals surface area contributed by atoms with Crippen LogP contribution in [0.2, 0.25) is 5.02 Å². The number of hydrogen-bond acceptors (Lipinski definition) is 2. The van der Waals surface area contributed by atoms with E-state index in [0.717, 1.165) is 18.4 Å². The van der Waals surface area contributed by atoms with E-state index in [1.807, 2.05) is 31.2 Å². The van der Waals surface area contributed by atoms with Crippen LogP contribution >= 0.6 is 11.6 Å². The van der Waals surface area contributed by atoms with Crippen LogP contribution < -0.4 is 5.32 Å². The van der Waals surface area contributed by atoms with E-state index in [2.05, 4.69) is 5.32 Å². The van der Waals surface area contributed by atoms with Crippen molar-refractivity contribution in [2.75, 3.05) is 6.61 Å². The number of aliphatic hydroxyl groups excluding tert-OH is 1. The van der Waals surface area contributed by atoms with Crippen molar-refractivity contribution in [3.8, 4) is 0 Å². The molecule has 0 spiro atoms. The van der Waals surface area contributed by atoms with Gasteiger partial charge in [0, 0.05) is 10.9 Å². The molecule has 1 fully saturated rings. The third kappa shape index (κ3) is 3.03. The van der Waals surface area contributed by atoms with Crippen LogP contribution in [0.4, 0.5) is 0 Å². The zero-order valence-corrected chi connectivity index (χ0v) is 11.2. The van der Waals surface area contributed by atoms with E-state index in [-0.39, 0.29) is 30.4 Å². The van der Waals surface area contributed by atoms with Gasteiger partial charge < -0.3 is 10.4 Å². The topological polar surface area (TPSA) is 49.3 Å². The Bertz CT molecular complexity index is 432. The Morgan fingerprint density at radius 2 is 2.39 bits per heavy atom. The number of carbonyl (C=O) groups is 1. The summed E-state index contributed by atoms with van der Waals surface area (Å²) in [6.07, 6.45) is 1.62. The van der Waals surface area contributed by atoms with Crippen LogP contribution in [0.5, 0.6) is 0 Å². The molecule has 0 saturated heterocycles. The average Bonchev–Trinajstić information content (AvgIpc) is 3.16. The molecule has 0 heterocycles. The maximum atomic E-state index is 11.9. The SMILES string of the molecule is CCC(CO)NC(=O)C1CC1c1cccc(Cl)c1. The van der Waals surface area contributed by atoms with Crippen molar-refractivity contribution in [2.45, 2.75) is 31.7 Å². The van der Waals surface area contributed by atoms with Gasteiger partial charge in [0.25, 0.3) is 0 Å². The Morgan fingerprint density at radius 1 is 1.61 bits per heavy atom. The minimum absolute atomic E-state index is 0.00318. The van der Waals surface area contributed by atoms with Gasteiger partial charge in [-0.3, -0.25) is 4.79 Å². The van der Waals surface area contributed by atoms with Crippen LogP contribution in [0.15, 0.2) is 24.3 Å². The van der Waals surface area contributed by atoms with Gasteiger partial charge in [0.05, 0.1) is 12.6 Å².